The Balaban J connectivity index is 1.41. The lowest BCUT2D eigenvalue weighted by atomic mass is 10.2. The molecule has 1 aliphatic rings. The maximum Gasteiger partial charge on any atom is 0.233 e. The molecule has 4 rings (SSSR count). The van der Waals surface area contributed by atoms with E-state index in [1.165, 1.54) is 11.8 Å². The van der Waals surface area contributed by atoms with E-state index in [1.54, 1.807) is 13.4 Å². The number of nitrogens with zero attached hydrogens (tertiary/aromatic N) is 4. The number of ether oxygens (including phenoxy) is 1. The molecule has 0 N–H and O–H groups in total. The van der Waals surface area contributed by atoms with E-state index in [-0.39, 0.29) is 5.91 Å². The number of hydrogen-bond donors (Lipinski definition) is 0. The molecule has 0 spiro atoms. The normalized spacial score (nSPS) is 13.3. The van der Waals surface area contributed by atoms with Crippen molar-refractivity contribution < 1.29 is 9.53 Å². The Labute approximate surface area is 168 Å². The first kappa shape index (κ1) is 18.6. The number of rotatable bonds is 8. The predicted molar refractivity (Wildman–Crippen MR) is 109 cm³/mol. The van der Waals surface area contributed by atoms with Gasteiger partial charge in [0.15, 0.2) is 5.16 Å². The number of thioether (sulfide) groups is 1. The van der Waals surface area contributed by atoms with Crippen LogP contribution in [-0.2, 0) is 11.3 Å². The van der Waals surface area contributed by atoms with Gasteiger partial charge in [-0.15, -0.1) is 10.2 Å². The molecule has 144 valence electrons. The van der Waals surface area contributed by atoms with Crippen molar-refractivity contribution in [2.75, 3.05) is 12.9 Å². The van der Waals surface area contributed by atoms with Crippen LogP contribution in [0.3, 0.4) is 0 Å². The molecule has 1 aliphatic carbocycles. The smallest absolute Gasteiger partial charge is 0.233 e. The average molecular weight is 395 g/mol. The van der Waals surface area contributed by atoms with Crippen molar-refractivity contribution in [1.82, 2.24) is 19.7 Å². The van der Waals surface area contributed by atoms with E-state index in [0.29, 0.717) is 18.3 Å². The van der Waals surface area contributed by atoms with Gasteiger partial charge in [0.1, 0.15) is 12.1 Å². The van der Waals surface area contributed by atoms with Crippen molar-refractivity contribution >= 4 is 17.7 Å². The SMILES string of the molecule is COc1ccc(CN(C(=O)CSc2nncn2-c2ccccc2)C2CC2)cc1. The first-order chi connectivity index (χ1) is 13.7. The zero-order chi connectivity index (χ0) is 19.3. The summed E-state index contributed by atoms with van der Waals surface area (Å²) >= 11 is 1.42. The van der Waals surface area contributed by atoms with E-state index in [4.69, 9.17) is 4.74 Å². The zero-order valence-corrected chi connectivity index (χ0v) is 16.5. The van der Waals surface area contributed by atoms with E-state index >= 15 is 0 Å². The molecule has 0 bridgehead atoms. The first-order valence-electron chi connectivity index (χ1n) is 9.25. The minimum absolute atomic E-state index is 0.130. The molecule has 0 radical (unpaired) electrons. The lowest BCUT2D eigenvalue weighted by molar-refractivity contribution is -0.129. The van der Waals surface area contributed by atoms with E-state index < -0.39 is 0 Å². The summed E-state index contributed by atoms with van der Waals surface area (Å²) in [6.07, 6.45) is 3.83. The third-order valence-electron chi connectivity index (χ3n) is 4.70. The molecule has 1 fully saturated rings. The molecular weight excluding hydrogens is 372 g/mol. The predicted octanol–water partition coefficient (Wildman–Crippen LogP) is 3.56. The highest BCUT2D eigenvalue weighted by Gasteiger charge is 2.32. The number of benzene rings is 2. The number of carbonyl (C=O) groups is 1. The molecule has 0 saturated heterocycles. The number of aromatic nitrogens is 3. The van der Waals surface area contributed by atoms with Crippen molar-refractivity contribution in [3.8, 4) is 11.4 Å². The Kier molecular flexibility index (Phi) is 5.62. The Hall–Kier alpha value is -2.80. The van der Waals surface area contributed by atoms with Crippen molar-refractivity contribution in [2.24, 2.45) is 0 Å². The molecule has 0 aliphatic heterocycles. The van der Waals surface area contributed by atoms with Gasteiger partial charge in [0.25, 0.3) is 0 Å². The van der Waals surface area contributed by atoms with Crippen LogP contribution in [0.2, 0.25) is 0 Å². The summed E-state index contributed by atoms with van der Waals surface area (Å²) in [5.74, 6) is 1.30. The Morgan fingerprint density at radius 2 is 1.93 bits per heavy atom. The summed E-state index contributed by atoms with van der Waals surface area (Å²) in [5.41, 5.74) is 2.10. The summed E-state index contributed by atoms with van der Waals surface area (Å²) < 4.78 is 7.12. The number of carbonyl (C=O) groups excluding carboxylic acids is 1. The molecule has 0 atom stereocenters. The van der Waals surface area contributed by atoms with Gasteiger partial charge in [0, 0.05) is 18.3 Å². The molecule has 3 aromatic rings. The highest BCUT2D eigenvalue weighted by molar-refractivity contribution is 7.99. The molecule has 28 heavy (non-hydrogen) atoms. The van der Waals surface area contributed by atoms with E-state index in [2.05, 4.69) is 10.2 Å². The van der Waals surface area contributed by atoms with Gasteiger partial charge in [-0.3, -0.25) is 9.36 Å². The van der Waals surface area contributed by atoms with Crippen molar-refractivity contribution in [2.45, 2.75) is 30.6 Å². The Bertz CT molecular complexity index is 923. The molecule has 1 saturated carbocycles. The van der Waals surface area contributed by atoms with Gasteiger partial charge in [-0.25, -0.2) is 0 Å². The zero-order valence-electron chi connectivity index (χ0n) is 15.7. The fourth-order valence-electron chi connectivity index (χ4n) is 3.03. The van der Waals surface area contributed by atoms with Crippen LogP contribution in [0.4, 0.5) is 0 Å². The standard InChI is InChI=1S/C21H22N4O2S/c1-27-19-11-7-16(8-12-19)13-24(18-9-10-18)20(26)14-28-21-23-22-15-25(21)17-5-3-2-4-6-17/h2-8,11-12,15,18H,9-10,13-14H2,1H3. The minimum atomic E-state index is 0.130. The third kappa shape index (κ3) is 4.36. The lowest BCUT2D eigenvalue weighted by Crippen LogP contribution is -2.34. The van der Waals surface area contributed by atoms with Crippen LogP contribution in [0.1, 0.15) is 18.4 Å². The van der Waals surface area contributed by atoms with Crippen LogP contribution in [0.25, 0.3) is 5.69 Å². The van der Waals surface area contributed by atoms with Crippen LogP contribution in [0.5, 0.6) is 5.75 Å². The number of hydrogen-bond acceptors (Lipinski definition) is 5. The molecular formula is C21H22N4O2S. The van der Waals surface area contributed by atoms with Crippen LogP contribution < -0.4 is 4.74 Å². The summed E-state index contributed by atoms with van der Waals surface area (Å²) in [5, 5.41) is 8.91. The fraction of sp³-hybridized carbons (Fsp3) is 0.286. The number of amides is 1. The quantitative estimate of drug-likeness (QED) is 0.547. The van der Waals surface area contributed by atoms with Crippen molar-refractivity contribution in [1.29, 1.82) is 0 Å². The molecule has 6 nitrogen and oxygen atoms in total. The topological polar surface area (TPSA) is 60.2 Å². The molecule has 1 heterocycles. The fourth-order valence-corrected chi connectivity index (χ4v) is 3.85. The molecule has 1 amide bonds. The molecule has 1 aromatic heterocycles. The summed E-state index contributed by atoms with van der Waals surface area (Å²) in [7, 11) is 1.65. The highest BCUT2D eigenvalue weighted by atomic mass is 32.2. The van der Waals surface area contributed by atoms with Gasteiger partial charge < -0.3 is 9.64 Å². The molecule has 7 heteroatoms. The van der Waals surface area contributed by atoms with Gasteiger partial charge in [-0.1, -0.05) is 42.1 Å². The summed E-state index contributed by atoms with van der Waals surface area (Å²) in [6, 6.07) is 18.1. The van der Waals surface area contributed by atoms with Gasteiger partial charge in [0.05, 0.1) is 12.9 Å². The van der Waals surface area contributed by atoms with E-state index in [9.17, 15) is 4.79 Å². The maximum atomic E-state index is 12.9. The Morgan fingerprint density at radius 1 is 1.18 bits per heavy atom. The average Bonchev–Trinajstić information content (AvgIpc) is 3.48. The van der Waals surface area contributed by atoms with Gasteiger partial charge in [-0.2, -0.15) is 0 Å². The van der Waals surface area contributed by atoms with Gasteiger partial charge >= 0.3 is 0 Å². The monoisotopic (exact) mass is 394 g/mol. The summed E-state index contributed by atoms with van der Waals surface area (Å²) in [6.45, 7) is 0.624. The van der Waals surface area contributed by atoms with Crippen LogP contribution in [0, 0.1) is 0 Å². The van der Waals surface area contributed by atoms with Gasteiger partial charge in [0.2, 0.25) is 5.91 Å². The minimum Gasteiger partial charge on any atom is -0.497 e. The molecule has 0 unspecified atom stereocenters. The number of para-hydroxylation sites is 1. The second-order valence-corrected chi connectivity index (χ2v) is 7.65. The highest BCUT2D eigenvalue weighted by Crippen LogP contribution is 2.30. The van der Waals surface area contributed by atoms with Crippen LogP contribution >= 0.6 is 11.8 Å². The largest absolute Gasteiger partial charge is 0.497 e. The van der Waals surface area contributed by atoms with E-state index in [1.807, 2.05) is 64.1 Å². The van der Waals surface area contributed by atoms with Crippen molar-refractivity contribution in [3.05, 3.63) is 66.5 Å². The third-order valence-corrected chi connectivity index (χ3v) is 5.62. The maximum absolute atomic E-state index is 12.9. The van der Waals surface area contributed by atoms with Gasteiger partial charge in [-0.05, 0) is 42.7 Å². The lowest BCUT2D eigenvalue weighted by Gasteiger charge is -2.22. The van der Waals surface area contributed by atoms with Crippen molar-refractivity contribution in [3.63, 3.8) is 0 Å². The second-order valence-electron chi connectivity index (χ2n) is 6.71. The van der Waals surface area contributed by atoms with Crippen LogP contribution in [0.15, 0.2) is 66.1 Å². The second kappa shape index (κ2) is 8.48. The first-order valence-corrected chi connectivity index (χ1v) is 10.2. The van der Waals surface area contributed by atoms with E-state index in [0.717, 1.165) is 35.0 Å². The van der Waals surface area contributed by atoms with Crippen LogP contribution in [-0.4, -0.2) is 44.5 Å². The summed E-state index contributed by atoms with van der Waals surface area (Å²) in [4.78, 5) is 14.9. The Morgan fingerprint density at radius 3 is 2.61 bits per heavy atom. The number of methoxy groups -OCH3 is 1. The molecule has 2 aromatic carbocycles.